The van der Waals surface area contributed by atoms with Gasteiger partial charge < -0.3 is 21.5 Å². The van der Waals surface area contributed by atoms with Gasteiger partial charge in [0.2, 0.25) is 5.96 Å². The Morgan fingerprint density at radius 2 is 2.00 bits per heavy atom. The molecule has 0 saturated heterocycles. The molecular weight excluding hydrogens is 418 g/mol. The number of aromatic nitrogens is 1. The van der Waals surface area contributed by atoms with Gasteiger partial charge in [0.1, 0.15) is 35.1 Å². The number of ether oxygens (including phenoxy) is 1. The molecule has 2 heterocycles. The number of nitrogens with two attached hydrogens (primary N) is 2. The molecule has 1 aliphatic rings. The van der Waals surface area contributed by atoms with Crippen LogP contribution in [-0.4, -0.2) is 17.6 Å². The summed E-state index contributed by atoms with van der Waals surface area (Å²) in [7, 11) is 0. The summed E-state index contributed by atoms with van der Waals surface area (Å²) >= 11 is 0. The zero-order valence-electron chi connectivity index (χ0n) is 17.4. The molecule has 1 aromatic carbocycles. The van der Waals surface area contributed by atoms with Gasteiger partial charge in [-0.15, -0.1) is 0 Å². The first-order valence-electron chi connectivity index (χ1n) is 10.0. The summed E-state index contributed by atoms with van der Waals surface area (Å²) in [6.07, 6.45) is 5.35. The lowest BCUT2D eigenvalue weighted by Gasteiger charge is -2.27. The molecule has 9 nitrogen and oxygen atoms in total. The molecule has 0 aliphatic carbocycles. The van der Waals surface area contributed by atoms with E-state index in [2.05, 4.69) is 27.5 Å². The van der Waals surface area contributed by atoms with E-state index in [-0.39, 0.29) is 52.3 Å². The number of fused-ring (bicyclic) bond motifs is 1. The molecule has 0 amide bonds. The number of rotatable bonds is 7. The molecule has 0 radical (unpaired) electrons. The lowest BCUT2D eigenvalue weighted by Crippen LogP contribution is -2.33. The average molecular weight is 440 g/mol. The van der Waals surface area contributed by atoms with Crippen LogP contribution < -0.4 is 26.8 Å². The van der Waals surface area contributed by atoms with E-state index in [1.54, 1.807) is 6.19 Å². The highest BCUT2D eigenvalue weighted by atomic mass is 19.1. The van der Waals surface area contributed by atoms with Crippen molar-refractivity contribution in [2.24, 2.45) is 4.99 Å². The number of halogens is 2. The summed E-state index contributed by atoms with van der Waals surface area (Å²) in [6, 6.07) is 2.57. The highest BCUT2D eigenvalue weighted by Gasteiger charge is 2.32. The fourth-order valence-corrected chi connectivity index (χ4v) is 3.44. The molecule has 3 rings (SSSR count). The van der Waals surface area contributed by atoms with Crippen molar-refractivity contribution in [3.05, 3.63) is 40.5 Å². The van der Waals surface area contributed by atoms with Crippen molar-refractivity contribution in [2.75, 3.05) is 23.4 Å². The predicted molar refractivity (Wildman–Crippen MR) is 115 cm³/mol. The number of nitriles is 2. The van der Waals surface area contributed by atoms with E-state index in [1.807, 2.05) is 6.07 Å². The van der Waals surface area contributed by atoms with Crippen molar-refractivity contribution in [3.8, 4) is 18.0 Å². The minimum atomic E-state index is -1.11. The van der Waals surface area contributed by atoms with Crippen LogP contribution in [0.4, 0.5) is 26.1 Å². The SMILES string of the molecule is CCCCCCOc1c(F)cc(F)cc1C1N=C(NC#N)Nc2nc(N)c(C#N)c(N)c21. The number of guanidine groups is 1. The minimum Gasteiger partial charge on any atom is -0.490 e. The van der Waals surface area contributed by atoms with Crippen LogP contribution in [-0.2, 0) is 0 Å². The molecule has 166 valence electrons. The third-order valence-electron chi connectivity index (χ3n) is 4.93. The Kier molecular flexibility index (Phi) is 6.90. The fourth-order valence-electron chi connectivity index (χ4n) is 3.44. The number of aliphatic imine (C=N–C) groups is 1. The van der Waals surface area contributed by atoms with Crippen molar-refractivity contribution in [1.29, 1.82) is 10.5 Å². The Bertz CT molecular complexity index is 1140. The molecule has 0 bridgehead atoms. The van der Waals surface area contributed by atoms with E-state index in [0.29, 0.717) is 6.42 Å². The molecule has 1 aliphatic heterocycles. The first kappa shape index (κ1) is 22.6. The molecule has 1 atom stereocenters. The van der Waals surface area contributed by atoms with Gasteiger partial charge in [0.25, 0.3) is 0 Å². The lowest BCUT2D eigenvalue weighted by atomic mass is 9.94. The highest BCUT2D eigenvalue weighted by molar-refractivity contribution is 5.98. The van der Waals surface area contributed by atoms with E-state index >= 15 is 0 Å². The second kappa shape index (κ2) is 9.79. The van der Waals surface area contributed by atoms with Crippen LogP contribution in [0, 0.1) is 34.4 Å². The predicted octanol–water partition coefficient (Wildman–Crippen LogP) is 3.30. The normalized spacial score (nSPS) is 14.4. The van der Waals surface area contributed by atoms with Crippen molar-refractivity contribution in [1.82, 2.24) is 10.3 Å². The number of hydrogen-bond donors (Lipinski definition) is 4. The van der Waals surface area contributed by atoms with Gasteiger partial charge in [-0.05, 0) is 12.5 Å². The first-order valence-corrected chi connectivity index (χ1v) is 10.0. The number of anilines is 3. The fraction of sp³-hybridized carbons (Fsp3) is 0.333. The van der Waals surface area contributed by atoms with Gasteiger partial charge in [0.05, 0.1) is 12.3 Å². The highest BCUT2D eigenvalue weighted by Crippen LogP contribution is 2.44. The Hall–Kier alpha value is -4.12. The Labute approximate surface area is 183 Å². The Balaban J connectivity index is 2.14. The van der Waals surface area contributed by atoms with Crippen molar-refractivity contribution >= 4 is 23.3 Å². The average Bonchev–Trinajstić information content (AvgIpc) is 2.74. The molecule has 0 saturated carbocycles. The Morgan fingerprint density at radius 1 is 1.22 bits per heavy atom. The largest absolute Gasteiger partial charge is 0.490 e. The summed E-state index contributed by atoms with van der Waals surface area (Å²) in [5.74, 6) is -1.98. The van der Waals surface area contributed by atoms with Crippen LogP contribution in [0.2, 0.25) is 0 Å². The maximum atomic E-state index is 14.8. The number of nitrogens with one attached hydrogen (secondary N) is 2. The summed E-state index contributed by atoms with van der Waals surface area (Å²) in [6.45, 7) is 2.29. The zero-order chi connectivity index (χ0) is 23.3. The molecule has 0 spiro atoms. The Morgan fingerprint density at radius 3 is 2.69 bits per heavy atom. The van der Waals surface area contributed by atoms with Crippen molar-refractivity contribution in [2.45, 2.75) is 38.6 Å². The van der Waals surface area contributed by atoms with E-state index < -0.39 is 17.7 Å². The van der Waals surface area contributed by atoms with E-state index in [9.17, 15) is 14.0 Å². The minimum absolute atomic E-state index is 0.0282. The molecule has 0 fully saturated rings. The van der Waals surface area contributed by atoms with Gasteiger partial charge in [0, 0.05) is 17.2 Å². The van der Waals surface area contributed by atoms with E-state index in [4.69, 9.17) is 21.5 Å². The number of nitrogens with zero attached hydrogens (tertiary/aromatic N) is 4. The summed E-state index contributed by atoms with van der Waals surface area (Å²) in [5.41, 5.74) is 12.1. The molecule has 1 aromatic heterocycles. The summed E-state index contributed by atoms with van der Waals surface area (Å²) < 4.78 is 34.7. The maximum Gasteiger partial charge on any atom is 0.211 e. The number of nitrogen functional groups attached to an aromatic ring is 2. The van der Waals surface area contributed by atoms with Gasteiger partial charge in [-0.1, -0.05) is 26.2 Å². The van der Waals surface area contributed by atoms with E-state index in [0.717, 1.165) is 31.4 Å². The van der Waals surface area contributed by atoms with Gasteiger partial charge in [0.15, 0.2) is 17.8 Å². The third kappa shape index (κ3) is 4.47. The third-order valence-corrected chi connectivity index (χ3v) is 4.93. The number of benzene rings is 1. The quantitative estimate of drug-likeness (QED) is 0.290. The molecule has 1 unspecified atom stereocenters. The van der Waals surface area contributed by atoms with Gasteiger partial charge in [-0.2, -0.15) is 10.5 Å². The maximum absolute atomic E-state index is 14.8. The van der Waals surface area contributed by atoms with Crippen LogP contribution >= 0.6 is 0 Å². The lowest BCUT2D eigenvalue weighted by molar-refractivity contribution is 0.285. The molecule has 11 heteroatoms. The second-order valence-electron chi connectivity index (χ2n) is 7.12. The van der Waals surface area contributed by atoms with Crippen LogP contribution in [0.1, 0.15) is 55.3 Å². The van der Waals surface area contributed by atoms with Crippen LogP contribution in [0.15, 0.2) is 17.1 Å². The molecule has 2 aromatic rings. The topological polar surface area (TPSA) is 158 Å². The smallest absolute Gasteiger partial charge is 0.211 e. The monoisotopic (exact) mass is 440 g/mol. The van der Waals surface area contributed by atoms with Gasteiger partial charge in [-0.25, -0.2) is 18.8 Å². The zero-order valence-corrected chi connectivity index (χ0v) is 17.4. The van der Waals surface area contributed by atoms with Gasteiger partial charge >= 0.3 is 0 Å². The summed E-state index contributed by atoms with van der Waals surface area (Å²) in [4.78, 5) is 8.47. The van der Waals surface area contributed by atoms with Crippen molar-refractivity contribution in [3.63, 3.8) is 0 Å². The summed E-state index contributed by atoms with van der Waals surface area (Å²) in [5, 5.41) is 23.5. The molecule has 6 N–H and O–H groups in total. The molecular formula is C21H22F2N8O. The standard InChI is InChI=1S/C21H22F2N8O/c1-2-3-4-5-6-32-18-12(7-11(22)8-14(18)23)17-15-16(26)13(9-24)19(27)30-20(15)31-21(29-17)28-10-25/h7-8,17H,2-6H2,1H3,(H6,26,27,28,29,30,31). The first-order chi connectivity index (χ1) is 15.4. The van der Waals surface area contributed by atoms with E-state index in [1.165, 1.54) is 0 Å². The molecule has 32 heavy (non-hydrogen) atoms. The van der Waals surface area contributed by atoms with Crippen LogP contribution in [0.5, 0.6) is 5.75 Å². The second-order valence-corrected chi connectivity index (χ2v) is 7.12. The number of pyridine rings is 1. The van der Waals surface area contributed by atoms with Gasteiger partial charge in [-0.3, -0.25) is 5.32 Å². The van der Waals surface area contributed by atoms with Crippen LogP contribution in [0.3, 0.4) is 0 Å². The van der Waals surface area contributed by atoms with Crippen LogP contribution in [0.25, 0.3) is 0 Å². The number of unbranched alkanes of at least 4 members (excludes halogenated alkanes) is 3. The van der Waals surface area contributed by atoms with Crippen molar-refractivity contribution < 1.29 is 13.5 Å². The number of hydrogen-bond acceptors (Lipinski definition) is 9.